The number of benzene rings is 12. The second-order valence-electron chi connectivity index (χ2n) is 22.8. The highest BCUT2D eigenvalue weighted by atomic mass is 79.9. The van der Waals surface area contributed by atoms with Gasteiger partial charge >= 0.3 is 7.12 Å². The average Bonchev–Trinajstić information content (AvgIpc) is 2.56. The minimum atomic E-state index is -0.364. The lowest BCUT2D eigenvalue weighted by molar-refractivity contribution is 0.00578. The molecule has 0 spiro atoms. The van der Waals surface area contributed by atoms with Crippen LogP contribution in [0.5, 0.6) is 0 Å². The molecular weight excluding hydrogens is 1130 g/mol. The van der Waals surface area contributed by atoms with Gasteiger partial charge in [-0.05, 0) is 157 Å². The minimum absolute atomic E-state index is 0.350. The highest BCUT2D eigenvalue weighted by Gasteiger charge is 2.51. The summed E-state index contributed by atoms with van der Waals surface area (Å²) < 4.78 is 20.1. The summed E-state index contributed by atoms with van der Waals surface area (Å²) >= 11 is 3.50. The van der Waals surface area contributed by atoms with E-state index in [0.29, 0.717) is 0 Å². The average molecular weight is 1190 g/mol. The third-order valence-corrected chi connectivity index (χ3v) is 17.3. The lowest BCUT2D eigenvalue weighted by atomic mass is 9.79. The van der Waals surface area contributed by atoms with Gasteiger partial charge < -0.3 is 9.31 Å². The van der Waals surface area contributed by atoms with Crippen molar-refractivity contribution in [2.75, 3.05) is 0 Å². The van der Waals surface area contributed by atoms with Crippen molar-refractivity contribution in [1.82, 2.24) is 28.7 Å². The zero-order chi connectivity index (χ0) is 59.1. The second kappa shape index (κ2) is 23.1. The first-order valence-corrected chi connectivity index (χ1v) is 30.2. The van der Waals surface area contributed by atoms with Crippen molar-refractivity contribution in [3.8, 4) is 62.4 Å². The van der Waals surface area contributed by atoms with Crippen molar-refractivity contribution in [2.24, 2.45) is 0 Å². The molecule has 8 nitrogen and oxygen atoms in total. The number of para-hydroxylation sites is 6. The summed E-state index contributed by atoms with van der Waals surface area (Å²) in [5.41, 5.74) is 15.6. The highest BCUT2D eigenvalue weighted by molar-refractivity contribution is 9.10. The van der Waals surface area contributed by atoms with E-state index in [4.69, 9.17) is 24.3 Å². The van der Waals surface area contributed by atoms with Crippen LogP contribution in [0.1, 0.15) is 27.7 Å². The molecule has 1 aliphatic heterocycles. The van der Waals surface area contributed by atoms with E-state index in [-0.39, 0.29) is 18.3 Å². The van der Waals surface area contributed by atoms with Gasteiger partial charge in [-0.25, -0.2) is 15.0 Å². The summed E-state index contributed by atoms with van der Waals surface area (Å²) in [6.07, 6.45) is 0. The van der Waals surface area contributed by atoms with Crippen LogP contribution in [0, 0.1) is 0 Å². The predicted octanol–water partition coefficient (Wildman–Crippen LogP) is 19.1. The standard InChI is InChI=1S/C33H22N2.C25H25BN2O2.C19H13BrN2/c1-2-10-24(11-3-1)33-34-31-16-8-9-17-32(31)35(33)26-20-18-23(19-21-26)30-22-25-12-4-5-13-27(25)28-14-6-7-15-29(28)30;1-24(2)25(3,4)30-26(29-24)19-14-16-20(17-15-19)28-22-13-9-8-12-21(22)27-23(28)18-10-6-5-7-11-18;20-15-10-12-16(13-11-15)22-18-9-5-4-8-17(18)21-19(22)14-6-2-1-3-7-14/h1-22H;5-17H,1-4H3;1-13H. The number of hydrogen-bond acceptors (Lipinski definition) is 5. The van der Waals surface area contributed by atoms with Gasteiger partial charge in [-0.2, -0.15) is 0 Å². The van der Waals surface area contributed by atoms with Gasteiger partial charge in [0, 0.05) is 38.2 Å². The van der Waals surface area contributed by atoms with Crippen LogP contribution in [0.15, 0.2) is 296 Å². The summed E-state index contributed by atoms with van der Waals surface area (Å²) in [7, 11) is -0.364. The van der Waals surface area contributed by atoms with Crippen molar-refractivity contribution in [2.45, 2.75) is 38.9 Å². The molecule has 3 aromatic heterocycles. The van der Waals surface area contributed by atoms with Crippen molar-refractivity contribution >= 4 is 83.2 Å². The van der Waals surface area contributed by atoms with E-state index in [1.807, 2.05) is 72.8 Å². The Bertz CT molecular complexity index is 4910. The largest absolute Gasteiger partial charge is 0.494 e. The van der Waals surface area contributed by atoms with Crippen LogP contribution in [0.3, 0.4) is 0 Å². The zero-order valence-electron chi connectivity index (χ0n) is 48.7. The summed E-state index contributed by atoms with van der Waals surface area (Å²) in [4.78, 5) is 14.7. The van der Waals surface area contributed by atoms with Gasteiger partial charge in [-0.1, -0.05) is 216 Å². The second-order valence-corrected chi connectivity index (χ2v) is 23.7. The SMILES string of the molecule is Brc1ccc(-n2c(-c3ccccc3)nc3ccccc32)cc1.CC1(C)OB(c2ccc(-n3c(-c4ccccc4)nc4ccccc43)cc2)OC1(C)C.c1ccc(-c2nc3ccccc3n2-c2ccc(-c3cc4ccccc4c4ccccc34)cc2)cc1. The van der Waals surface area contributed by atoms with E-state index in [0.717, 1.165) is 94.3 Å². The molecule has 1 fully saturated rings. The quantitative estimate of drug-likeness (QED) is 0.112. The first-order valence-electron chi connectivity index (χ1n) is 29.4. The maximum absolute atomic E-state index is 6.20. The van der Waals surface area contributed by atoms with Gasteiger partial charge in [0.2, 0.25) is 0 Å². The molecule has 1 aliphatic rings. The molecule has 10 heteroatoms. The predicted molar refractivity (Wildman–Crippen MR) is 363 cm³/mol. The van der Waals surface area contributed by atoms with Crippen molar-refractivity contribution in [3.05, 3.63) is 296 Å². The van der Waals surface area contributed by atoms with Crippen LogP contribution >= 0.6 is 15.9 Å². The van der Waals surface area contributed by atoms with Gasteiger partial charge in [0.1, 0.15) is 17.5 Å². The number of aromatic nitrogens is 6. The summed E-state index contributed by atoms with van der Waals surface area (Å²) in [6, 6.07) is 101. The molecular formula is C77H60BBrN6O2. The van der Waals surface area contributed by atoms with Crippen molar-refractivity contribution < 1.29 is 9.31 Å². The molecule has 4 heterocycles. The van der Waals surface area contributed by atoms with Crippen molar-refractivity contribution in [1.29, 1.82) is 0 Å². The lowest BCUT2D eigenvalue weighted by Crippen LogP contribution is -2.41. The topological polar surface area (TPSA) is 71.9 Å². The smallest absolute Gasteiger partial charge is 0.399 e. The minimum Gasteiger partial charge on any atom is -0.399 e. The molecule has 0 N–H and O–H groups in total. The fraction of sp³-hybridized carbons (Fsp3) is 0.0779. The van der Waals surface area contributed by atoms with Crippen LogP contribution in [0.2, 0.25) is 0 Å². The molecule has 0 atom stereocenters. The van der Waals surface area contributed by atoms with Gasteiger partial charge in [0.25, 0.3) is 0 Å². The summed E-state index contributed by atoms with van der Waals surface area (Å²) in [5.74, 6) is 2.85. The van der Waals surface area contributed by atoms with E-state index < -0.39 is 0 Å². The first-order chi connectivity index (χ1) is 42.5. The fourth-order valence-corrected chi connectivity index (χ4v) is 11.9. The van der Waals surface area contributed by atoms with Gasteiger partial charge in [-0.3, -0.25) is 13.7 Å². The van der Waals surface area contributed by atoms with Gasteiger partial charge in [0.15, 0.2) is 0 Å². The molecule has 16 rings (SSSR count). The van der Waals surface area contributed by atoms with Gasteiger partial charge in [0.05, 0.1) is 44.3 Å². The Morgan fingerprint density at radius 3 is 1.11 bits per heavy atom. The molecule has 15 aromatic rings. The summed E-state index contributed by atoms with van der Waals surface area (Å²) in [6.45, 7) is 8.30. The lowest BCUT2D eigenvalue weighted by Gasteiger charge is -2.32. The number of fused-ring (bicyclic) bond motifs is 6. The third-order valence-electron chi connectivity index (χ3n) is 16.7. The molecule has 0 aliphatic carbocycles. The Hall–Kier alpha value is -9.97. The molecule has 0 bridgehead atoms. The Labute approximate surface area is 514 Å². The van der Waals surface area contributed by atoms with Crippen LogP contribution in [-0.4, -0.2) is 47.0 Å². The Morgan fingerprint density at radius 1 is 0.333 bits per heavy atom. The normalized spacial score (nSPS) is 13.4. The number of halogens is 1. The fourth-order valence-electron chi connectivity index (χ4n) is 11.6. The first kappa shape index (κ1) is 54.9. The Morgan fingerprint density at radius 2 is 0.678 bits per heavy atom. The number of hydrogen-bond donors (Lipinski definition) is 0. The molecule has 420 valence electrons. The number of nitrogens with zero attached hydrogens (tertiary/aromatic N) is 6. The van der Waals surface area contributed by atoms with Crippen LogP contribution in [0.25, 0.3) is 117 Å². The van der Waals surface area contributed by atoms with E-state index in [9.17, 15) is 0 Å². The number of rotatable bonds is 8. The molecule has 0 saturated carbocycles. The third kappa shape index (κ3) is 10.6. The Balaban J connectivity index is 0.000000118. The van der Waals surface area contributed by atoms with Crippen LogP contribution < -0.4 is 5.46 Å². The van der Waals surface area contributed by atoms with Crippen molar-refractivity contribution in [3.63, 3.8) is 0 Å². The molecule has 1 saturated heterocycles. The van der Waals surface area contributed by atoms with E-state index >= 15 is 0 Å². The monoisotopic (exact) mass is 1190 g/mol. The van der Waals surface area contributed by atoms with E-state index in [1.54, 1.807) is 0 Å². The van der Waals surface area contributed by atoms with Crippen LogP contribution in [0.4, 0.5) is 0 Å². The molecule has 0 amide bonds. The Kier molecular flexibility index (Phi) is 14.6. The van der Waals surface area contributed by atoms with Crippen LogP contribution in [-0.2, 0) is 9.31 Å². The molecule has 0 unspecified atom stereocenters. The molecule has 0 radical (unpaired) electrons. The van der Waals surface area contributed by atoms with E-state index in [1.165, 1.54) is 32.7 Å². The highest BCUT2D eigenvalue weighted by Crippen LogP contribution is 2.39. The molecule has 12 aromatic carbocycles. The van der Waals surface area contributed by atoms with E-state index in [2.05, 4.69) is 276 Å². The number of imidazole rings is 3. The maximum Gasteiger partial charge on any atom is 0.494 e. The molecule has 87 heavy (non-hydrogen) atoms. The zero-order valence-corrected chi connectivity index (χ0v) is 50.3. The maximum atomic E-state index is 6.20. The van der Waals surface area contributed by atoms with Gasteiger partial charge in [-0.15, -0.1) is 0 Å². The summed E-state index contributed by atoms with van der Waals surface area (Å²) in [5, 5.41) is 5.12.